The maximum Gasteiger partial charge on any atom is 0.142 e. The van der Waals surface area contributed by atoms with Gasteiger partial charge in [-0.1, -0.05) is 0 Å². The molecule has 2 nitrogen and oxygen atoms in total. The van der Waals surface area contributed by atoms with E-state index >= 15 is 0 Å². The van der Waals surface area contributed by atoms with E-state index in [0.717, 1.165) is 16.8 Å². The highest BCUT2D eigenvalue weighted by atomic mass is 127. The number of rotatable bonds is 0. The van der Waals surface area contributed by atoms with Crippen LogP contribution in [-0.4, -0.2) is 9.55 Å². The van der Waals surface area contributed by atoms with Crippen LogP contribution < -0.4 is 0 Å². The third-order valence-corrected chi connectivity index (χ3v) is 4.35. The molecule has 1 aliphatic heterocycles. The van der Waals surface area contributed by atoms with Crippen LogP contribution in [0.5, 0.6) is 0 Å². The largest absolute Gasteiger partial charge is 0.328 e. The molecule has 72 valence electrons. The van der Waals surface area contributed by atoms with E-state index in [4.69, 9.17) is 0 Å². The van der Waals surface area contributed by atoms with E-state index in [2.05, 4.69) is 54.1 Å². The van der Waals surface area contributed by atoms with Gasteiger partial charge >= 0.3 is 0 Å². The molecular formula is C10H8BrIN2. The van der Waals surface area contributed by atoms with Gasteiger partial charge in [0.1, 0.15) is 10.3 Å². The van der Waals surface area contributed by atoms with Gasteiger partial charge in [-0.05, 0) is 63.5 Å². The quantitative estimate of drug-likeness (QED) is 0.519. The number of halogens is 2. The summed E-state index contributed by atoms with van der Waals surface area (Å²) in [6, 6.07) is 4.17. The summed E-state index contributed by atoms with van der Waals surface area (Å²) in [5.74, 6) is 0. The molecule has 0 saturated heterocycles. The Balaban J connectivity index is 2.45. The number of nitrogens with zero attached hydrogens (tertiary/aromatic N) is 2. The molecular weight excluding hydrogens is 355 g/mol. The van der Waals surface area contributed by atoms with Gasteiger partial charge in [0.25, 0.3) is 0 Å². The molecule has 3 heterocycles. The second kappa shape index (κ2) is 3.20. The lowest BCUT2D eigenvalue weighted by atomic mass is 10.2. The van der Waals surface area contributed by atoms with Crippen molar-refractivity contribution >= 4 is 49.6 Å². The van der Waals surface area contributed by atoms with E-state index in [1.807, 2.05) is 6.07 Å². The summed E-state index contributed by atoms with van der Waals surface area (Å²) in [5.41, 5.74) is 2.60. The minimum Gasteiger partial charge on any atom is -0.328 e. The van der Waals surface area contributed by atoms with Gasteiger partial charge < -0.3 is 4.57 Å². The van der Waals surface area contributed by atoms with Gasteiger partial charge in [0.2, 0.25) is 0 Å². The fraction of sp³-hybridized carbons (Fsp3) is 0.300. The molecule has 0 saturated carbocycles. The first-order valence-electron chi connectivity index (χ1n) is 4.60. The predicted octanol–water partition coefficient (Wildman–Crippen LogP) is 3.35. The smallest absolute Gasteiger partial charge is 0.142 e. The Morgan fingerprint density at radius 1 is 1.43 bits per heavy atom. The highest BCUT2D eigenvalue weighted by Crippen LogP contribution is 2.31. The van der Waals surface area contributed by atoms with Crippen molar-refractivity contribution in [3.63, 3.8) is 0 Å². The molecule has 0 bridgehead atoms. The van der Waals surface area contributed by atoms with Crippen molar-refractivity contribution in [1.29, 1.82) is 0 Å². The third-order valence-electron chi connectivity index (χ3n) is 2.71. The summed E-state index contributed by atoms with van der Waals surface area (Å²) in [7, 11) is 0. The van der Waals surface area contributed by atoms with Crippen LogP contribution >= 0.6 is 38.5 Å². The monoisotopic (exact) mass is 362 g/mol. The maximum absolute atomic E-state index is 4.54. The molecule has 0 aliphatic carbocycles. The topological polar surface area (TPSA) is 17.8 Å². The lowest BCUT2D eigenvalue weighted by Crippen LogP contribution is -1.93. The Bertz CT molecular complexity index is 518. The lowest BCUT2D eigenvalue weighted by Gasteiger charge is -1.98. The molecule has 0 aromatic carbocycles. The van der Waals surface area contributed by atoms with Crippen LogP contribution in [0.25, 0.3) is 11.0 Å². The van der Waals surface area contributed by atoms with E-state index in [-0.39, 0.29) is 0 Å². The lowest BCUT2D eigenvalue weighted by molar-refractivity contribution is 0.764. The molecule has 14 heavy (non-hydrogen) atoms. The molecule has 2 aromatic rings. The van der Waals surface area contributed by atoms with Crippen molar-refractivity contribution < 1.29 is 0 Å². The molecule has 0 amide bonds. The highest BCUT2D eigenvalue weighted by molar-refractivity contribution is 14.1. The average molecular weight is 363 g/mol. The highest BCUT2D eigenvalue weighted by Gasteiger charge is 2.20. The summed E-state index contributed by atoms with van der Waals surface area (Å²) in [4.78, 5) is 4.54. The van der Waals surface area contributed by atoms with Gasteiger partial charge in [0, 0.05) is 21.2 Å². The van der Waals surface area contributed by atoms with Crippen LogP contribution in [0.15, 0.2) is 16.7 Å². The summed E-state index contributed by atoms with van der Waals surface area (Å²) >= 11 is 5.86. The van der Waals surface area contributed by atoms with Crippen molar-refractivity contribution in [2.45, 2.75) is 19.4 Å². The normalized spacial score (nSPS) is 15.0. The van der Waals surface area contributed by atoms with Crippen molar-refractivity contribution in [3.05, 3.63) is 26.0 Å². The zero-order chi connectivity index (χ0) is 9.71. The first-order chi connectivity index (χ1) is 6.77. The Labute approximate surface area is 104 Å². The Morgan fingerprint density at radius 3 is 3.14 bits per heavy atom. The minimum absolute atomic E-state index is 0.925. The number of hydrogen-bond donors (Lipinski definition) is 0. The van der Waals surface area contributed by atoms with Gasteiger partial charge in [-0.3, -0.25) is 0 Å². The third kappa shape index (κ3) is 1.16. The van der Waals surface area contributed by atoms with E-state index in [9.17, 15) is 0 Å². The number of aryl methyl sites for hydroxylation is 1. The second-order valence-electron chi connectivity index (χ2n) is 3.52. The average Bonchev–Trinajstić information content (AvgIpc) is 2.71. The number of pyridine rings is 1. The first-order valence-corrected chi connectivity index (χ1v) is 6.47. The SMILES string of the molecule is Brc1ccc2c(I)c3n(c2n1)CCC3. The van der Waals surface area contributed by atoms with Gasteiger partial charge in [0.05, 0.1) is 0 Å². The molecule has 3 rings (SSSR count). The van der Waals surface area contributed by atoms with Crippen LogP contribution in [0.2, 0.25) is 0 Å². The first kappa shape index (κ1) is 9.15. The Kier molecular flexibility index (Phi) is 2.09. The van der Waals surface area contributed by atoms with Crippen LogP contribution in [0.4, 0.5) is 0 Å². The van der Waals surface area contributed by atoms with Crippen LogP contribution in [0.1, 0.15) is 12.1 Å². The van der Waals surface area contributed by atoms with Crippen molar-refractivity contribution in [2.75, 3.05) is 0 Å². The van der Waals surface area contributed by atoms with Crippen molar-refractivity contribution in [1.82, 2.24) is 9.55 Å². The van der Waals surface area contributed by atoms with Crippen LogP contribution in [-0.2, 0) is 13.0 Å². The predicted molar refractivity (Wildman–Crippen MR) is 68.5 cm³/mol. The van der Waals surface area contributed by atoms with Gasteiger partial charge in [-0.2, -0.15) is 0 Å². The van der Waals surface area contributed by atoms with Crippen LogP contribution in [0, 0.1) is 3.57 Å². The summed E-state index contributed by atoms with van der Waals surface area (Å²) in [6.45, 7) is 1.12. The number of hydrogen-bond acceptors (Lipinski definition) is 1. The minimum atomic E-state index is 0.925. The van der Waals surface area contributed by atoms with Gasteiger partial charge in [-0.25, -0.2) is 4.98 Å². The molecule has 0 N–H and O–H groups in total. The van der Waals surface area contributed by atoms with E-state index in [1.165, 1.54) is 27.5 Å². The van der Waals surface area contributed by atoms with E-state index in [1.54, 1.807) is 0 Å². The maximum atomic E-state index is 4.54. The molecule has 0 atom stereocenters. The van der Waals surface area contributed by atoms with Crippen LogP contribution in [0.3, 0.4) is 0 Å². The number of fused-ring (bicyclic) bond motifs is 3. The second-order valence-corrected chi connectivity index (χ2v) is 5.41. The van der Waals surface area contributed by atoms with Crippen molar-refractivity contribution in [3.8, 4) is 0 Å². The fourth-order valence-corrected chi connectivity index (χ4v) is 3.38. The van der Waals surface area contributed by atoms with Gasteiger partial charge in [-0.15, -0.1) is 0 Å². The molecule has 0 spiro atoms. The zero-order valence-corrected chi connectivity index (χ0v) is 11.2. The fourth-order valence-electron chi connectivity index (χ4n) is 2.09. The molecule has 4 heteroatoms. The van der Waals surface area contributed by atoms with E-state index in [0.29, 0.717) is 0 Å². The van der Waals surface area contributed by atoms with Crippen molar-refractivity contribution in [2.24, 2.45) is 0 Å². The molecule has 2 aromatic heterocycles. The van der Waals surface area contributed by atoms with E-state index < -0.39 is 0 Å². The number of aromatic nitrogens is 2. The standard InChI is InChI=1S/C10H8BrIN2/c11-8-4-3-6-9(12)7-2-1-5-14(7)10(6)13-8/h3-4H,1-2,5H2. The molecule has 0 radical (unpaired) electrons. The summed E-state index contributed by atoms with van der Waals surface area (Å²) in [5, 5.41) is 1.29. The Morgan fingerprint density at radius 2 is 2.29 bits per heavy atom. The van der Waals surface area contributed by atoms with Gasteiger partial charge in [0.15, 0.2) is 0 Å². The summed E-state index contributed by atoms with van der Waals surface area (Å²) < 4.78 is 4.66. The molecule has 0 unspecified atom stereocenters. The Hall–Kier alpha value is -0.100. The summed E-state index contributed by atoms with van der Waals surface area (Å²) in [6.07, 6.45) is 2.46. The molecule has 0 fully saturated rings. The zero-order valence-electron chi connectivity index (χ0n) is 7.43. The molecule has 1 aliphatic rings.